The van der Waals surface area contributed by atoms with E-state index in [0.717, 1.165) is 62.0 Å². The predicted octanol–water partition coefficient (Wildman–Crippen LogP) is 4.21. The summed E-state index contributed by atoms with van der Waals surface area (Å²) in [5.41, 5.74) is 4.36. The van der Waals surface area contributed by atoms with E-state index in [1.54, 1.807) is 12.1 Å². The van der Waals surface area contributed by atoms with E-state index in [4.69, 9.17) is 4.42 Å². The summed E-state index contributed by atoms with van der Waals surface area (Å²) in [6, 6.07) is 6.07. The van der Waals surface area contributed by atoms with Crippen LogP contribution < -0.4 is 10.3 Å². The van der Waals surface area contributed by atoms with Crippen molar-refractivity contribution >= 4 is 23.3 Å². The summed E-state index contributed by atoms with van der Waals surface area (Å²) in [7, 11) is 2.00. The Morgan fingerprint density at radius 2 is 1.94 bits per heavy atom. The number of thioether (sulfide) groups is 1. The van der Waals surface area contributed by atoms with Crippen LogP contribution in [-0.2, 0) is 6.18 Å². The number of piperidine rings is 1. The van der Waals surface area contributed by atoms with Crippen molar-refractivity contribution in [2.24, 2.45) is 11.0 Å². The number of nitrogens with one attached hydrogen (secondary N) is 1. The highest BCUT2D eigenvalue weighted by atomic mass is 32.2. The molecule has 0 saturated carbocycles. The Bertz CT molecular complexity index is 1040. The maximum absolute atomic E-state index is 12.9. The molecule has 0 radical (unpaired) electrons. The van der Waals surface area contributed by atoms with E-state index >= 15 is 0 Å². The molecule has 7 nitrogen and oxygen atoms in total. The second kappa shape index (κ2) is 9.93. The Balaban J connectivity index is 1.09. The zero-order chi connectivity index (χ0) is 24.6. The number of likely N-dealkylation sites (tertiary alicyclic amines) is 1. The van der Waals surface area contributed by atoms with Crippen molar-refractivity contribution in [3.63, 3.8) is 0 Å². The number of alkyl halides is 3. The minimum absolute atomic E-state index is 0.0608. The van der Waals surface area contributed by atoms with Crippen molar-refractivity contribution < 1.29 is 17.6 Å². The second-order valence-corrected chi connectivity index (χ2v) is 10.6. The summed E-state index contributed by atoms with van der Waals surface area (Å²) in [5, 5.41) is 4.43. The number of hydrogen-bond acceptors (Lipinski definition) is 8. The number of fused-ring (bicyclic) bond motifs is 1. The van der Waals surface area contributed by atoms with Crippen LogP contribution in [0.3, 0.4) is 0 Å². The second-order valence-electron chi connectivity index (χ2n) is 9.45. The molecule has 190 valence electrons. The summed E-state index contributed by atoms with van der Waals surface area (Å²) in [6.07, 6.45) is 0.511. The molecular weight excluding hydrogens is 477 g/mol. The van der Waals surface area contributed by atoms with Gasteiger partial charge in [0.2, 0.25) is 0 Å². The smallest absolute Gasteiger partial charge is 0.416 e. The molecule has 5 rings (SSSR count). The number of rotatable bonds is 7. The topological polar surface area (TPSA) is 60.1 Å². The number of anilines is 1. The summed E-state index contributed by atoms with van der Waals surface area (Å²) in [4.78, 5) is 11.0. The van der Waals surface area contributed by atoms with Crippen molar-refractivity contribution in [2.75, 3.05) is 43.9 Å². The van der Waals surface area contributed by atoms with Crippen LogP contribution in [0.1, 0.15) is 36.3 Å². The van der Waals surface area contributed by atoms with Crippen LogP contribution in [-0.4, -0.2) is 71.1 Å². The van der Waals surface area contributed by atoms with Crippen LogP contribution in [0.25, 0.3) is 0 Å². The molecule has 2 saturated heterocycles. The van der Waals surface area contributed by atoms with Crippen molar-refractivity contribution in [2.45, 2.75) is 43.9 Å². The van der Waals surface area contributed by atoms with Crippen LogP contribution >= 0.6 is 11.8 Å². The number of amidine groups is 1. The minimum atomic E-state index is -4.29. The zero-order valence-electron chi connectivity index (χ0n) is 20.0. The SMILES string of the molecule is Cc1ncoc1C1=NNC(SCCCN2CCC3CCN(c4ccc(C(F)(F)F)cc4)CC32)N1C. The van der Waals surface area contributed by atoms with Gasteiger partial charge in [0, 0.05) is 31.9 Å². The molecule has 2 aromatic rings. The first-order valence-corrected chi connectivity index (χ1v) is 13.1. The van der Waals surface area contributed by atoms with Gasteiger partial charge in [-0.15, -0.1) is 11.8 Å². The molecule has 2 fully saturated rings. The first-order valence-electron chi connectivity index (χ1n) is 12.1. The van der Waals surface area contributed by atoms with Gasteiger partial charge >= 0.3 is 6.18 Å². The Hall–Kier alpha value is -2.40. The summed E-state index contributed by atoms with van der Waals surface area (Å²) in [5.74, 6) is 3.14. The molecule has 3 unspecified atom stereocenters. The predicted molar refractivity (Wildman–Crippen MR) is 131 cm³/mol. The van der Waals surface area contributed by atoms with Gasteiger partial charge in [-0.1, -0.05) is 0 Å². The number of aromatic nitrogens is 1. The summed E-state index contributed by atoms with van der Waals surface area (Å²) >= 11 is 1.82. The van der Waals surface area contributed by atoms with E-state index in [9.17, 15) is 13.2 Å². The van der Waals surface area contributed by atoms with Gasteiger partial charge in [-0.05, 0) is 75.2 Å². The van der Waals surface area contributed by atoms with Crippen LogP contribution in [0.4, 0.5) is 18.9 Å². The van der Waals surface area contributed by atoms with E-state index in [0.29, 0.717) is 17.7 Å². The van der Waals surface area contributed by atoms with Gasteiger partial charge in [-0.3, -0.25) is 10.3 Å². The maximum Gasteiger partial charge on any atom is 0.416 e. The highest BCUT2D eigenvalue weighted by Gasteiger charge is 2.38. The van der Waals surface area contributed by atoms with E-state index in [2.05, 4.69) is 30.2 Å². The fourth-order valence-electron chi connectivity index (χ4n) is 5.33. The van der Waals surface area contributed by atoms with E-state index in [1.807, 2.05) is 25.7 Å². The fourth-order valence-corrected chi connectivity index (χ4v) is 6.30. The highest BCUT2D eigenvalue weighted by Crippen LogP contribution is 2.35. The van der Waals surface area contributed by atoms with Gasteiger partial charge in [-0.2, -0.15) is 18.3 Å². The summed E-state index contributed by atoms with van der Waals surface area (Å²) in [6.45, 7) is 5.82. The van der Waals surface area contributed by atoms with Crippen LogP contribution in [0.2, 0.25) is 0 Å². The van der Waals surface area contributed by atoms with Gasteiger partial charge < -0.3 is 14.2 Å². The quantitative estimate of drug-likeness (QED) is 0.563. The van der Waals surface area contributed by atoms with Gasteiger partial charge in [0.15, 0.2) is 23.5 Å². The molecule has 0 bridgehead atoms. The molecule has 11 heteroatoms. The average molecular weight is 509 g/mol. The molecule has 0 spiro atoms. The molecule has 1 N–H and O–H groups in total. The number of hydrogen-bond donors (Lipinski definition) is 1. The lowest BCUT2D eigenvalue weighted by Crippen LogP contribution is -2.48. The molecule has 3 aliphatic heterocycles. The van der Waals surface area contributed by atoms with Gasteiger partial charge in [-0.25, -0.2) is 4.98 Å². The molecule has 0 amide bonds. The normalized spacial score (nSPS) is 25.1. The minimum Gasteiger partial charge on any atom is -0.440 e. The Morgan fingerprint density at radius 3 is 2.66 bits per heavy atom. The summed E-state index contributed by atoms with van der Waals surface area (Å²) < 4.78 is 44.2. The van der Waals surface area contributed by atoms with Crippen molar-refractivity contribution in [1.29, 1.82) is 0 Å². The van der Waals surface area contributed by atoms with Crippen molar-refractivity contribution in [3.05, 3.63) is 47.7 Å². The van der Waals surface area contributed by atoms with Crippen LogP contribution in [0.15, 0.2) is 40.2 Å². The molecule has 1 aromatic carbocycles. The molecule has 3 atom stereocenters. The van der Waals surface area contributed by atoms with Crippen LogP contribution in [0, 0.1) is 12.8 Å². The van der Waals surface area contributed by atoms with Crippen LogP contribution in [0.5, 0.6) is 0 Å². The number of benzene rings is 1. The molecular formula is C24H31F3N6OS. The largest absolute Gasteiger partial charge is 0.440 e. The van der Waals surface area contributed by atoms with E-state index in [-0.39, 0.29) is 5.50 Å². The Morgan fingerprint density at radius 1 is 1.17 bits per heavy atom. The van der Waals surface area contributed by atoms with Gasteiger partial charge in [0.1, 0.15) is 0 Å². The molecule has 1 aromatic heterocycles. The standard InChI is InChI=1S/C24H31F3N6OS/c1-16-21(34-15-28-16)22-29-30-23(31(22)2)35-13-3-10-32-11-8-17-9-12-33(14-20(17)32)19-6-4-18(5-7-19)24(25,26)27/h4-7,15,17,20,23,30H,3,8-14H2,1-2H3. The lowest BCUT2D eigenvalue weighted by molar-refractivity contribution is -0.137. The third-order valence-electron chi connectivity index (χ3n) is 7.32. The van der Waals surface area contributed by atoms with Gasteiger partial charge in [0.05, 0.1) is 11.3 Å². The molecule has 0 aliphatic carbocycles. The van der Waals surface area contributed by atoms with Gasteiger partial charge in [0.25, 0.3) is 0 Å². The Kier molecular flexibility index (Phi) is 6.89. The monoisotopic (exact) mass is 508 g/mol. The van der Waals surface area contributed by atoms with Crippen molar-refractivity contribution in [1.82, 2.24) is 20.2 Å². The number of aryl methyl sites for hydroxylation is 1. The molecule has 35 heavy (non-hydrogen) atoms. The number of halogens is 3. The average Bonchev–Trinajstić information content (AvgIpc) is 3.54. The third kappa shape index (κ3) is 5.11. The number of oxazole rings is 1. The zero-order valence-corrected chi connectivity index (χ0v) is 20.8. The fraction of sp³-hybridized carbons (Fsp3) is 0.583. The highest BCUT2D eigenvalue weighted by molar-refractivity contribution is 7.99. The maximum atomic E-state index is 12.9. The van der Waals surface area contributed by atoms with Crippen molar-refractivity contribution in [3.8, 4) is 0 Å². The number of nitrogens with zero attached hydrogens (tertiary/aromatic N) is 5. The van der Waals surface area contributed by atoms with E-state index < -0.39 is 11.7 Å². The molecule has 4 heterocycles. The Labute approximate surface area is 207 Å². The first-order chi connectivity index (χ1) is 16.8. The lowest BCUT2D eigenvalue weighted by Gasteiger charge is -2.40. The first kappa shape index (κ1) is 24.3. The number of hydrazone groups is 1. The third-order valence-corrected chi connectivity index (χ3v) is 8.58. The lowest BCUT2D eigenvalue weighted by atomic mass is 9.91. The van der Waals surface area contributed by atoms with E-state index in [1.165, 1.54) is 24.9 Å². The molecule has 3 aliphatic rings.